The van der Waals surface area contributed by atoms with Crippen LogP contribution in [-0.2, 0) is 20.7 Å². The van der Waals surface area contributed by atoms with Crippen molar-refractivity contribution in [3.05, 3.63) is 29.8 Å². The zero-order chi connectivity index (χ0) is 20.7. The van der Waals surface area contributed by atoms with Gasteiger partial charge in [0, 0.05) is 19.4 Å². The van der Waals surface area contributed by atoms with Crippen LogP contribution < -0.4 is 4.74 Å². The molecule has 0 aromatic heterocycles. The van der Waals surface area contributed by atoms with Crippen LogP contribution in [0, 0.1) is 11.3 Å². The molecule has 1 amide bonds. The van der Waals surface area contributed by atoms with Gasteiger partial charge in [0.1, 0.15) is 16.8 Å². The first-order valence-electron chi connectivity index (χ1n) is 9.89. The summed E-state index contributed by atoms with van der Waals surface area (Å²) in [5.74, 6) is -0.0213. The highest BCUT2D eigenvalue weighted by Gasteiger charge is 2.69. The summed E-state index contributed by atoms with van der Waals surface area (Å²) in [6.07, 6.45) is 2.30. The highest BCUT2D eigenvalue weighted by Crippen LogP contribution is 2.58. The summed E-state index contributed by atoms with van der Waals surface area (Å²) >= 11 is 0. The molecular weight excluding hydrogens is 358 g/mol. The van der Waals surface area contributed by atoms with E-state index in [2.05, 4.69) is 0 Å². The molecule has 6 nitrogen and oxygen atoms in total. The zero-order valence-corrected chi connectivity index (χ0v) is 17.4. The number of likely N-dealkylation sites (tertiary alicyclic amines) is 1. The third-order valence-corrected chi connectivity index (χ3v) is 6.28. The van der Waals surface area contributed by atoms with E-state index in [0.29, 0.717) is 25.7 Å². The number of hydrogen-bond acceptors (Lipinski definition) is 5. The number of carbonyl (C=O) groups excluding carboxylic acids is 2. The van der Waals surface area contributed by atoms with Gasteiger partial charge in [-0.2, -0.15) is 0 Å². The van der Waals surface area contributed by atoms with Gasteiger partial charge in [-0.15, -0.1) is 0 Å². The smallest absolute Gasteiger partial charge is 0.317 e. The number of aliphatic hydroxyl groups is 1. The van der Waals surface area contributed by atoms with Gasteiger partial charge in [-0.3, -0.25) is 9.59 Å². The van der Waals surface area contributed by atoms with Crippen LogP contribution in [0.3, 0.4) is 0 Å². The van der Waals surface area contributed by atoms with Gasteiger partial charge in [-0.05, 0) is 64.2 Å². The van der Waals surface area contributed by atoms with Gasteiger partial charge < -0.3 is 19.5 Å². The fourth-order valence-corrected chi connectivity index (χ4v) is 4.80. The molecule has 3 atom stereocenters. The average molecular weight is 389 g/mol. The molecule has 2 fully saturated rings. The number of methoxy groups -OCH3 is 1. The molecule has 0 spiro atoms. The maximum Gasteiger partial charge on any atom is 0.317 e. The predicted molar refractivity (Wildman–Crippen MR) is 105 cm³/mol. The van der Waals surface area contributed by atoms with Crippen molar-refractivity contribution in [2.24, 2.45) is 11.3 Å². The van der Waals surface area contributed by atoms with Crippen LogP contribution in [0.1, 0.15) is 52.0 Å². The van der Waals surface area contributed by atoms with E-state index in [4.69, 9.17) is 9.47 Å². The molecule has 0 unspecified atom stereocenters. The van der Waals surface area contributed by atoms with Crippen molar-refractivity contribution >= 4 is 11.9 Å². The molecule has 0 bridgehead atoms. The first kappa shape index (κ1) is 20.6. The molecule has 6 heteroatoms. The van der Waals surface area contributed by atoms with Crippen LogP contribution in [0.25, 0.3) is 0 Å². The Labute approximate surface area is 166 Å². The number of esters is 1. The molecule has 3 rings (SSSR count). The summed E-state index contributed by atoms with van der Waals surface area (Å²) in [5.41, 5.74) is -2.25. The number of hydrogen-bond donors (Lipinski definition) is 1. The van der Waals surface area contributed by atoms with Gasteiger partial charge in [0.25, 0.3) is 0 Å². The Bertz CT molecular complexity index is 753. The quantitative estimate of drug-likeness (QED) is 0.802. The second-order valence-electron chi connectivity index (χ2n) is 9.05. The summed E-state index contributed by atoms with van der Waals surface area (Å²) in [7, 11) is 3.22. The maximum absolute atomic E-state index is 13.2. The van der Waals surface area contributed by atoms with Gasteiger partial charge >= 0.3 is 5.97 Å². The zero-order valence-electron chi connectivity index (χ0n) is 17.4. The van der Waals surface area contributed by atoms with E-state index < -0.39 is 22.7 Å². The third-order valence-electron chi connectivity index (χ3n) is 6.28. The van der Waals surface area contributed by atoms with Crippen molar-refractivity contribution in [1.82, 2.24) is 4.90 Å². The van der Waals surface area contributed by atoms with Crippen LogP contribution >= 0.6 is 0 Å². The molecule has 1 heterocycles. The summed E-state index contributed by atoms with van der Waals surface area (Å²) in [5, 5.41) is 11.9. The second-order valence-corrected chi connectivity index (χ2v) is 9.05. The molecular formula is C22H31NO5. The van der Waals surface area contributed by atoms with Crippen molar-refractivity contribution in [3.63, 3.8) is 0 Å². The van der Waals surface area contributed by atoms with Crippen LogP contribution in [-0.4, -0.2) is 47.4 Å². The normalized spacial score (nSPS) is 30.1. The number of amides is 1. The van der Waals surface area contributed by atoms with Crippen LogP contribution in [0.15, 0.2) is 24.3 Å². The van der Waals surface area contributed by atoms with E-state index in [1.54, 1.807) is 14.2 Å². The second kappa shape index (κ2) is 7.07. The summed E-state index contributed by atoms with van der Waals surface area (Å²) < 4.78 is 10.9. The average Bonchev–Trinajstić information content (AvgIpc) is 2.93. The Morgan fingerprint density at radius 3 is 2.46 bits per heavy atom. The minimum absolute atomic E-state index is 0.136. The van der Waals surface area contributed by atoms with Crippen LogP contribution in [0.2, 0.25) is 0 Å². The van der Waals surface area contributed by atoms with E-state index in [9.17, 15) is 14.7 Å². The van der Waals surface area contributed by atoms with Crippen molar-refractivity contribution < 1.29 is 24.2 Å². The Balaban J connectivity index is 1.94. The number of ether oxygens (including phenoxy) is 2. The first-order chi connectivity index (χ1) is 13.0. The van der Waals surface area contributed by atoms with Crippen molar-refractivity contribution in [3.8, 4) is 5.75 Å². The van der Waals surface area contributed by atoms with Crippen LogP contribution in [0.4, 0.5) is 0 Å². The minimum Gasteiger partial charge on any atom is -0.497 e. The fraction of sp³-hybridized carbons (Fsp3) is 0.636. The van der Waals surface area contributed by atoms with E-state index in [1.807, 2.05) is 45.0 Å². The Morgan fingerprint density at radius 1 is 1.25 bits per heavy atom. The number of fused-ring (bicyclic) bond motifs is 1. The molecule has 1 N–H and O–H groups in total. The van der Waals surface area contributed by atoms with E-state index in [-0.39, 0.29) is 18.2 Å². The van der Waals surface area contributed by atoms with E-state index in [1.165, 1.54) is 4.90 Å². The fourth-order valence-electron chi connectivity index (χ4n) is 4.80. The Kier molecular flexibility index (Phi) is 5.21. The standard InChI is InChI=1S/C22H31NO5/c1-20(2,3)28-19(25)21-12-10-16(14-15-6-8-17(27-5)9-7-15)22(21,26)23(4)18(24)11-13-21/h6-9,16,26H,10-14H2,1-5H3/t16-,21+,22-/m1/s1. The van der Waals surface area contributed by atoms with Gasteiger partial charge in [0.15, 0.2) is 5.72 Å². The number of carbonyl (C=O) groups is 2. The molecule has 1 saturated carbocycles. The molecule has 1 aromatic rings. The van der Waals surface area contributed by atoms with Gasteiger partial charge in [-0.1, -0.05) is 12.1 Å². The minimum atomic E-state index is -1.55. The summed E-state index contributed by atoms with van der Waals surface area (Å²) in [4.78, 5) is 27.1. The highest BCUT2D eigenvalue weighted by molar-refractivity contribution is 5.86. The van der Waals surface area contributed by atoms with Gasteiger partial charge in [-0.25, -0.2) is 0 Å². The highest BCUT2D eigenvalue weighted by atomic mass is 16.6. The lowest BCUT2D eigenvalue weighted by Crippen LogP contribution is -2.67. The van der Waals surface area contributed by atoms with Gasteiger partial charge in [0.05, 0.1) is 7.11 Å². The van der Waals surface area contributed by atoms with Crippen LogP contribution in [0.5, 0.6) is 5.75 Å². The SMILES string of the molecule is COc1ccc(C[C@H]2CC[C@@]3(C(=O)OC(C)(C)C)CCC(=O)N(C)[C@@]23O)cc1. The topological polar surface area (TPSA) is 76.1 Å². The third kappa shape index (κ3) is 3.28. The molecule has 1 saturated heterocycles. The summed E-state index contributed by atoms with van der Waals surface area (Å²) in [6.45, 7) is 5.46. The molecule has 1 aliphatic carbocycles. The molecule has 2 aliphatic rings. The van der Waals surface area contributed by atoms with E-state index in [0.717, 1.165) is 11.3 Å². The van der Waals surface area contributed by atoms with Crippen molar-refractivity contribution in [2.75, 3.05) is 14.2 Å². The van der Waals surface area contributed by atoms with E-state index >= 15 is 0 Å². The van der Waals surface area contributed by atoms with Crippen molar-refractivity contribution in [2.45, 2.75) is 64.2 Å². The maximum atomic E-state index is 13.2. The monoisotopic (exact) mass is 389 g/mol. The lowest BCUT2D eigenvalue weighted by atomic mass is 9.69. The Hall–Kier alpha value is -2.08. The number of rotatable bonds is 4. The number of piperidine rings is 1. The molecule has 0 radical (unpaired) electrons. The molecule has 28 heavy (non-hydrogen) atoms. The largest absolute Gasteiger partial charge is 0.497 e. The number of benzene rings is 1. The molecule has 1 aliphatic heterocycles. The molecule has 154 valence electrons. The number of nitrogens with zero attached hydrogens (tertiary/aromatic N) is 1. The Morgan fingerprint density at radius 2 is 1.89 bits per heavy atom. The lowest BCUT2D eigenvalue weighted by Gasteiger charge is -2.52. The summed E-state index contributed by atoms with van der Waals surface area (Å²) in [6, 6.07) is 7.68. The molecule has 1 aromatic carbocycles. The predicted octanol–water partition coefficient (Wildman–Crippen LogP) is 2.92. The van der Waals surface area contributed by atoms with Gasteiger partial charge in [0.2, 0.25) is 5.91 Å². The van der Waals surface area contributed by atoms with Crippen molar-refractivity contribution in [1.29, 1.82) is 0 Å². The lowest BCUT2D eigenvalue weighted by molar-refractivity contribution is -0.231. The first-order valence-corrected chi connectivity index (χ1v) is 9.89.